The van der Waals surface area contributed by atoms with Crippen molar-refractivity contribution in [1.29, 1.82) is 0 Å². The van der Waals surface area contributed by atoms with E-state index in [1.165, 1.54) is 30.1 Å². The van der Waals surface area contributed by atoms with Crippen molar-refractivity contribution < 1.29 is 27.2 Å². The van der Waals surface area contributed by atoms with Crippen LogP contribution in [0.15, 0.2) is 35.8 Å². The molecule has 4 atom stereocenters. The summed E-state index contributed by atoms with van der Waals surface area (Å²) in [6, 6.07) is 1.54. The molecule has 0 aromatic carbocycles. The summed E-state index contributed by atoms with van der Waals surface area (Å²) < 4.78 is 37.3. The Balaban J connectivity index is 1.83. The summed E-state index contributed by atoms with van der Waals surface area (Å²) in [5, 5.41) is 2.67. The van der Waals surface area contributed by atoms with Crippen LogP contribution in [0.3, 0.4) is 0 Å². The van der Waals surface area contributed by atoms with Gasteiger partial charge in [0.25, 0.3) is 5.17 Å². The minimum Gasteiger partial charge on any atom is -0.459 e. The lowest BCUT2D eigenvalue weighted by molar-refractivity contribution is -0.114. The lowest BCUT2D eigenvalue weighted by Crippen LogP contribution is -2.66. The molecule has 4 rings (SSSR count). The van der Waals surface area contributed by atoms with Gasteiger partial charge in [0.2, 0.25) is 5.91 Å². The molecular formula is C27H43N5O7SSi2. The standard InChI is InChI=1S/C27H43N5O7SSi2/c1-16(2)41(17(3)4)35-14-21-23(38-42(39-41,18(5)6)19(7)8)24(37-27(40)31-13-11-28-15-31)25(36-21)32-12-10-22(29-20(9)33)30-26(32)34/h10-13,15-19,21,23-25H,14H2,1-9H3,(H,29,30,33,34)/t21-,23+,24?,25-/m1/s1. The van der Waals surface area contributed by atoms with Crippen molar-refractivity contribution >= 4 is 46.2 Å². The number of amides is 1. The number of carbonyl (C=O) groups is 1. The van der Waals surface area contributed by atoms with Crippen molar-refractivity contribution in [3.8, 4) is 0 Å². The fraction of sp³-hybridized carbons (Fsp3) is 0.667. The lowest BCUT2D eigenvalue weighted by atomic mass is 10.1. The number of thiocarbonyl (C=S) groups is 1. The van der Waals surface area contributed by atoms with Gasteiger partial charge in [-0.15, -0.1) is 0 Å². The van der Waals surface area contributed by atoms with Gasteiger partial charge in [0.1, 0.15) is 24.4 Å². The number of hydrogen-bond donors (Lipinski definition) is 1. The van der Waals surface area contributed by atoms with Crippen LogP contribution in [0.1, 0.15) is 68.5 Å². The van der Waals surface area contributed by atoms with Gasteiger partial charge in [0.05, 0.1) is 6.61 Å². The first kappa shape index (κ1) is 32.6. The van der Waals surface area contributed by atoms with Gasteiger partial charge in [0.15, 0.2) is 12.3 Å². The molecule has 0 spiro atoms. The maximum absolute atomic E-state index is 13.3. The molecule has 0 radical (unpaired) electrons. The molecule has 2 aliphatic heterocycles. The van der Waals surface area contributed by atoms with Gasteiger partial charge in [-0.3, -0.25) is 13.9 Å². The number of ether oxygens (including phenoxy) is 2. The zero-order valence-corrected chi connectivity index (χ0v) is 28.6. The maximum Gasteiger partial charge on any atom is 0.351 e. The molecule has 2 aromatic rings. The third-order valence-electron chi connectivity index (χ3n) is 7.98. The molecule has 0 saturated carbocycles. The first-order chi connectivity index (χ1) is 19.7. The summed E-state index contributed by atoms with van der Waals surface area (Å²) in [6.07, 6.45) is 3.30. The van der Waals surface area contributed by atoms with E-state index in [4.69, 9.17) is 34.7 Å². The van der Waals surface area contributed by atoms with Crippen LogP contribution < -0.4 is 11.0 Å². The van der Waals surface area contributed by atoms with E-state index in [1.807, 2.05) is 0 Å². The van der Waals surface area contributed by atoms with Crippen LogP contribution in [-0.2, 0) is 27.2 Å². The molecule has 0 bridgehead atoms. The Labute approximate surface area is 254 Å². The molecule has 1 N–H and O–H groups in total. The number of imidazole rings is 1. The van der Waals surface area contributed by atoms with Crippen molar-refractivity contribution in [2.24, 2.45) is 0 Å². The molecule has 1 amide bonds. The molecule has 232 valence electrons. The number of nitrogens with one attached hydrogen (secondary N) is 1. The molecule has 1 unspecified atom stereocenters. The topological polar surface area (TPSA) is 128 Å². The number of anilines is 1. The molecular weight excluding hydrogens is 595 g/mol. The first-order valence-corrected chi connectivity index (χ1v) is 18.8. The normalized spacial score (nSPS) is 25.4. The van der Waals surface area contributed by atoms with Crippen molar-refractivity contribution in [1.82, 2.24) is 19.1 Å². The van der Waals surface area contributed by atoms with E-state index in [2.05, 4.69) is 70.7 Å². The van der Waals surface area contributed by atoms with E-state index in [9.17, 15) is 9.59 Å². The number of carbonyl (C=O) groups excluding carboxylic acids is 1. The first-order valence-electron chi connectivity index (χ1n) is 14.4. The number of hydrogen-bond acceptors (Lipinski definition) is 10. The van der Waals surface area contributed by atoms with Gasteiger partial charge < -0.3 is 27.8 Å². The van der Waals surface area contributed by atoms with E-state index in [-0.39, 0.29) is 45.7 Å². The average molecular weight is 638 g/mol. The zero-order chi connectivity index (χ0) is 31.0. The average Bonchev–Trinajstić information content (AvgIpc) is 3.52. The second-order valence-corrected chi connectivity index (χ2v) is 21.3. The van der Waals surface area contributed by atoms with E-state index >= 15 is 0 Å². The third-order valence-corrected chi connectivity index (χ3v) is 18.5. The zero-order valence-electron chi connectivity index (χ0n) is 25.8. The Morgan fingerprint density at radius 1 is 1.07 bits per heavy atom. The number of aromatic nitrogens is 4. The second-order valence-electron chi connectivity index (χ2n) is 12.1. The molecule has 2 saturated heterocycles. The van der Waals surface area contributed by atoms with Crippen LogP contribution >= 0.6 is 12.2 Å². The Morgan fingerprint density at radius 3 is 2.24 bits per heavy atom. The fourth-order valence-corrected chi connectivity index (χ4v) is 17.3. The molecule has 12 nitrogen and oxygen atoms in total. The Hall–Kier alpha value is -2.28. The van der Waals surface area contributed by atoms with Gasteiger partial charge in [-0.05, 0) is 40.4 Å². The predicted molar refractivity (Wildman–Crippen MR) is 166 cm³/mol. The summed E-state index contributed by atoms with van der Waals surface area (Å²) in [7, 11) is -5.85. The largest absolute Gasteiger partial charge is 0.459 e. The van der Waals surface area contributed by atoms with E-state index in [0.717, 1.165) is 0 Å². The van der Waals surface area contributed by atoms with Crippen LogP contribution in [-0.4, -0.2) is 72.2 Å². The summed E-state index contributed by atoms with van der Waals surface area (Å²) in [5.41, 5.74) is -0.151. The SMILES string of the molecule is CC(=O)Nc1ccn([C@@H]2O[C@@H]3CO[Si](C(C)C)(C(C)C)O[Si](C(C)C)(C(C)C)O[C@@H]3C2OC(=S)n2ccnc2)c(=O)n1. The van der Waals surface area contributed by atoms with Gasteiger partial charge >= 0.3 is 22.8 Å². The number of fused-ring (bicyclic) bond motifs is 1. The highest BCUT2D eigenvalue weighted by molar-refractivity contribution is 7.80. The Bertz CT molecular complexity index is 1300. The quantitative estimate of drug-likeness (QED) is 0.343. The second kappa shape index (κ2) is 12.8. The van der Waals surface area contributed by atoms with Crippen LogP contribution in [0.2, 0.25) is 22.2 Å². The van der Waals surface area contributed by atoms with Crippen molar-refractivity contribution in [2.75, 3.05) is 11.9 Å². The fourth-order valence-electron chi connectivity index (χ4n) is 5.87. The molecule has 2 fully saturated rings. The predicted octanol–water partition coefficient (Wildman–Crippen LogP) is 4.47. The summed E-state index contributed by atoms with van der Waals surface area (Å²) >= 11 is 5.63. The molecule has 15 heteroatoms. The molecule has 2 aromatic heterocycles. The molecule has 4 heterocycles. The summed E-state index contributed by atoms with van der Waals surface area (Å²) in [6.45, 7) is 18.7. The van der Waals surface area contributed by atoms with Gasteiger partial charge in [-0.25, -0.2) is 9.78 Å². The van der Waals surface area contributed by atoms with Crippen LogP contribution in [0.25, 0.3) is 0 Å². The van der Waals surface area contributed by atoms with E-state index in [0.29, 0.717) is 0 Å². The highest BCUT2D eigenvalue weighted by Crippen LogP contribution is 2.48. The van der Waals surface area contributed by atoms with Crippen LogP contribution in [0.4, 0.5) is 5.82 Å². The van der Waals surface area contributed by atoms with Gasteiger partial charge in [-0.2, -0.15) is 4.98 Å². The number of nitrogens with zero attached hydrogens (tertiary/aromatic N) is 4. The minimum absolute atomic E-state index is 0.0749. The molecule has 42 heavy (non-hydrogen) atoms. The molecule has 0 aliphatic carbocycles. The van der Waals surface area contributed by atoms with Crippen molar-refractivity contribution in [3.63, 3.8) is 0 Å². The van der Waals surface area contributed by atoms with Gasteiger partial charge in [0, 0.05) is 25.5 Å². The van der Waals surface area contributed by atoms with E-state index in [1.54, 1.807) is 17.0 Å². The number of rotatable bonds is 7. The van der Waals surface area contributed by atoms with Crippen molar-refractivity contribution in [3.05, 3.63) is 41.5 Å². The Morgan fingerprint density at radius 2 is 1.71 bits per heavy atom. The minimum atomic E-state index is -3.03. The highest BCUT2D eigenvalue weighted by atomic mass is 32.1. The van der Waals surface area contributed by atoms with Gasteiger partial charge in [-0.1, -0.05) is 55.4 Å². The van der Waals surface area contributed by atoms with Crippen LogP contribution in [0, 0.1) is 0 Å². The smallest absolute Gasteiger partial charge is 0.351 e. The van der Waals surface area contributed by atoms with Crippen molar-refractivity contribution in [2.45, 2.75) is 109 Å². The maximum atomic E-state index is 13.3. The van der Waals surface area contributed by atoms with E-state index < -0.39 is 47.4 Å². The van der Waals surface area contributed by atoms with Crippen LogP contribution in [0.5, 0.6) is 0 Å². The highest BCUT2D eigenvalue weighted by Gasteiger charge is 2.62. The Kier molecular flexibility index (Phi) is 9.91. The monoisotopic (exact) mass is 637 g/mol. The summed E-state index contributed by atoms with van der Waals surface area (Å²) in [4.78, 5) is 32.9. The molecule has 2 aliphatic rings. The summed E-state index contributed by atoms with van der Waals surface area (Å²) in [5.74, 6) is -0.192. The third kappa shape index (κ3) is 6.18. The lowest BCUT2D eigenvalue weighted by Gasteiger charge is -2.51.